The van der Waals surface area contributed by atoms with E-state index in [-0.39, 0.29) is 0 Å². The van der Waals surface area contributed by atoms with Gasteiger partial charge in [-0.3, -0.25) is 0 Å². The van der Waals surface area contributed by atoms with Gasteiger partial charge in [-0.15, -0.1) is 0 Å². The van der Waals surface area contributed by atoms with Crippen LogP contribution < -0.4 is 15.1 Å². The molecule has 1 aliphatic heterocycles. The highest BCUT2D eigenvalue weighted by Gasteiger charge is 2.28. The Hall–Kier alpha value is -0.120. The van der Waals surface area contributed by atoms with Crippen LogP contribution in [0.4, 0.5) is 0 Å². The molecule has 0 aliphatic carbocycles. The molecule has 0 aromatic rings. The highest BCUT2D eigenvalue weighted by atomic mass is 15.1. The lowest BCUT2D eigenvalue weighted by atomic mass is 9.92. The van der Waals surface area contributed by atoms with Gasteiger partial charge in [0.1, 0.15) is 0 Å². The Morgan fingerprint density at radius 3 is 2.29 bits per heavy atom. The van der Waals surface area contributed by atoms with Crippen molar-refractivity contribution in [1.82, 2.24) is 0 Å². The largest absolute Gasteiger partial charge is 0.343 e. The Bertz CT molecular complexity index is 206. The highest BCUT2D eigenvalue weighted by molar-refractivity contribution is 4.65. The van der Waals surface area contributed by atoms with Crippen LogP contribution in [0.1, 0.15) is 33.6 Å². The molecule has 1 aliphatic rings. The van der Waals surface area contributed by atoms with Crippen LogP contribution in [0, 0.1) is 5.41 Å². The van der Waals surface area contributed by atoms with Gasteiger partial charge in [-0.1, -0.05) is 0 Å². The molecule has 3 heteroatoms. The third-order valence-electron chi connectivity index (χ3n) is 4.07. The van der Waals surface area contributed by atoms with Crippen molar-refractivity contribution in [3.8, 4) is 0 Å². The van der Waals surface area contributed by atoms with Gasteiger partial charge in [0.25, 0.3) is 0 Å². The monoisotopic (exact) mass is 244 g/mol. The van der Waals surface area contributed by atoms with E-state index < -0.39 is 0 Å². The van der Waals surface area contributed by atoms with Crippen LogP contribution in [-0.4, -0.2) is 52.9 Å². The fourth-order valence-electron chi connectivity index (χ4n) is 3.15. The Balaban J connectivity index is 2.22. The Morgan fingerprint density at radius 1 is 1.24 bits per heavy atom. The van der Waals surface area contributed by atoms with Gasteiger partial charge in [0.2, 0.25) is 0 Å². The number of nitrogens with one attached hydrogen (secondary N) is 2. The molecule has 0 aromatic heterocycles. The Labute approximate surface area is 108 Å². The van der Waals surface area contributed by atoms with E-state index in [1.807, 2.05) is 0 Å². The van der Waals surface area contributed by atoms with E-state index in [1.54, 1.807) is 9.80 Å². The minimum absolute atomic E-state index is 0.466. The van der Waals surface area contributed by atoms with Crippen LogP contribution in [0.15, 0.2) is 0 Å². The Kier molecular flexibility index (Phi) is 5.90. The summed E-state index contributed by atoms with van der Waals surface area (Å²) < 4.78 is 0. The molecule has 102 valence electrons. The molecule has 1 rings (SSSR count). The van der Waals surface area contributed by atoms with Crippen molar-refractivity contribution in [2.45, 2.75) is 39.7 Å². The SMILES string of the molecule is CC[NH+]1CCC([NH2+]CC(C)(C)C[NH+](C)C)CC1. The van der Waals surface area contributed by atoms with E-state index in [2.05, 4.69) is 40.2 Å². The number of quaternary nitrogens is 3. The van der Waals surface area contributed by atoms with Gasteiger partial charge >= 0.3 is 0 Å². The summed E-state index contributed by atoms with van der Waals surface area (Å²) in [7, 11) is 4.51. The molecule has 0 saturated carbocycles. The zero-order valence-electron chi connectivity index (χ0n) is 12.6. The third-order valence-corrected chi connectivity index (χ3v) is 4.07. The predicted molar refractivity (Wildman–Crippen MR) is 72.5 cm³/mol. The molecule has 0 unspecified atom stereocenters. The lowest BCUT2D eigenvalue weighted by Crippen LogP contribution is -3.14. The molecule has 0 spiro atoms. The van der Waals surface area contributed by atoms with Crippen molar-refractivity contribution in [3.63, 3.8) is 0 Å². The number of hydrogen-bond acceptors (Lipinski definition) is 0. The summed E-state index contributed by atoms with van der Waals surface area (Å²) >= 11 is 0. The van der Waals surface area contributed by atoms with Crippen LogP contribution in [0.25, 0.3) is 0 Å². The normalized spacial score (nSPS) is 26.5. The van der Waals surface area contributed by atoms with E-state index in [9.17, 15) is 0 Å². The van der Waals surface area contributed by atoms with Crippen molar-refractivity contribution in [3.05, 3.63) is 0 Å². The fraction of sp³-hybridized carbons (Fsp3) is 1.00. The lowest BCUT2D eigenvalue weighted by molar-refractivity contribution is -0.912. The van der Waals surface area contributed by atoms with Crippen LogP contribution >= 0.6 is 0 Å². The molecule has 3 nitrogen and oxygen atoms in total. The molecule has 1 saturated heterocycles. The second-order valence-corrected chi connectivity index (χ2v) is 6.93. The van der Waals surface area contributed by atoms with Crippen LogP contribution in [0.5, 0.6) is 0 Å². The van der Waals surface area contributed by atoms with Gasteiger partial charge in [0, 0.05) is 12.8 Å². The summed E-state index contributed by atoms with van der Waals surface area (Å²) in [5.74, 6) is 0. The van der Waals surface area contributed by atoms with E-state index >= 15 is 0 Å². The number of nitrogens with two attached hydrogens (primary N) is 1. The smallest absolute Gasteiger partial charge is 0.0967 e. The first-order valence-electron chi connectivity index (χ1n) is 7.39. The maximum absolute atomic E-state index is 2.62. The molecule has 0 amide bonds. The maximum Gasteiger partial charge on any atom is 0.0967 e. The summed E-state index contributed by atoms with van der Waals surface area (Å²) in [4.78, 5) is 3.36. The summed E-state index contributed by atoms with van der Waals surface area (Å²) in [6.07, 6.45) is 2.82. The van der Waals surface area contributed by atoms with Gasteiger partial charge in [0.15, 0.2) is 0 Å². The van der Waals surface area contributed by atoms with Crippen molar-refractivity contribution in [1.29, 1.82) is 0 Å². The molecule has 4 N–H and O–H groups in total. The van der Waals surface area contributed by atoms with Crippen LogP contribution in [-0.2, 0) is 0 Å². The van der Waals surface area contributed by atoms with Crippen LogP contribution in [0.2, 0.25) is 0 Å². The molecule has 0 radical (unpaired) electrons. The average molecular weight is 244 g/mol. The predicted octanol–water partition coefficient (Wildman–Crippen LogP) is -2.21. The van der Waals surface area contributed by atoms with Crippen molar-refractivity contribution in [2.75, 3.05) is 46.8 Å². The van der Waals surface area contributed by atoms with Gasteiger partial charge in [-0.2, -0.15) is 0 Å². The van der Waals surface area contributed by atoms with E-state index in [4.69, 9.17) is 0 Å². The second kappa shape index (κ2) is 6.72. The lowest BCUT2D eigenvalue weighted by Gasteiger charge is -2.30. The first-order chi connectivity index (χ1) is 7.93. The summed E-state index contributed by atoms with van der Waals surface area (Å²) in [6, 6.07) is 0.890. The van der Waals surface area contributed by atoms with Gasteiger partial charge in [-0.05, 0) is 20.8 Å². The molecule has 0 aromatic carbocycles. The standard InChI is InChI=1S/C14H31N3/c1-6-17-9-7-13(8-10-17)15-11-14(2,3)12-16(4)5/h13,15H,6-12H2,1-5H3/p+3. The first kappa shape index (κ1) is 14.9. The van der Waals surface area contributed by atoms with Crippen molar-refractivity contribution in [2.24, 2.45) is 5.41 Å². The Morgan fingerprint density at radius 2 is 1.82 bits per heavy atom. The molecular weight excluding hydrogens is 210 g/mol. The number of hydrogen-bond donors (Lipinski definition) is 3. The first-order valence-corrected chi connectivity index (χ1v) is 7.39. The quantitative estimate of drug-likeness (QED) is 0.472. The summed E-state index contributed by atoms with van der Waals surface area (Å²) in [6.45, 7) is 13.7. The minimum Gasteiger partial charge on any atom is -0.343 e. The zero-order valence-corrected chi connectivity index (χ0v) is 12.6. The van der Waals surface area contributed by atoms with Crippen molar-refractivity contribution >= 4 is 0 Å². The highest BCUT2D eigenvalue weighted by Crippen LogP contribution is 2.08. The second-order valence-electron chi connectivity index (χ2n) is 6.93. The molecule has 17 heavy (non-hydrogen) atoms. The van der Waals surface area contributed by atoms with Gasteiger partial charge < -0.3 is 15.1 Å². The van der Waals surface area contributed by atoms with Crippen LogP contribution in [0.3, 0.4) is 0 Å². The van der Waals surface area contributed by atoms with E-state index in [0.29, 0.717) is 5.41 Å². The minimum atomic E-state index is 0.466. The van der Waals surface area contributed by atoms with E-state index in [0.717, 1.165) is 6.04 Å². The summed E-state index contributed by atoms with van der Waals surface area (Å²) in [5.41, 5.74) is 0.466. The average Bonchev–Trinajstić information content (AvgIpc) is 2.25. The van der Waals surface area contributed by atoms with Gasteiger partial charge in [-0.25, -0.2) is 0 Å². The molecule has 1 fully saturated rings. The topological polar surface area (TPSA) is 25.5 Å². The fourth-order valence-corrected chi connectivity index (χ4v) is 3.15. The summed E-state index contributed by atoms with van der Waals surface area (Å²) in [5, 5.41) is 2.62. The molecule has 0 atom stereocenters. The maximum atomic E-state index is 2.62. The number of likely N-dealkylation sites (tertiary alicyclic amines) is 1. The number of rotatable bonds is 6. The molecule has 0 bridgehead atoms. The van der Waals surface area contributed by atoms with E-state index in [1.165, 1.54) is 45.6 Å². The zero-order chi connectivity index (χ0) is 12.9. The van der Waals surface area contributed by atoms with Crippen molar-refractivity contribution < 1.29 is 15.1 Å². The number of piperidine rings is 1. The molecule has 1 heterocycles. The molecular formula is C14H34N3+3. The van der Waals surface area contributed by atoms with Gasteiger partial charge in [0.05, 0.1) is 58.3 Å². The third kappa shape index (κ3) is 5.84.